The van der Waals surface area contributed by atoms with Crippen LogP contribution in [0.3, 0.4) is 0 Å². The largest absolute Gasteiger partial charge is 0.368 e. The van der Waals surface area contributed by atoms with E-state index in [2.05, 4.69) is 25.7 Å². The number of nitrogens with two attached hydrogens (primary N) is 1. The number of benzene rings is 1. The lowest BCUT2D eigenvalue weighted by atomic mass is 10.2. The first-order valence-electron chi connectivity index (χ1n) is 7.80. The zero-order chi connectivity index (χ0) is 20.3. The molecule has 0 fully saturated rings. The number of nitrogens with one attached hydrogen (secondary N) is 2. The van der Waals surface area contributed by atoms with E-state index in [1.165, 1.54) is 17.1 Å². The summed E-state index contributed by atoms with van der Waals surface area (Å²) in [5.74, 6) is -5.46. The van der Waals surface area contributed by atoms with Gasteiger partial charge in [0.25, 0.3) is 0 Å². The second-order valence-corrected chi connectivity index (χ2v) is 5.58. The Morgan fingerprint density at radius 2 is 1.86 bits per heavy atom. The van der Waals surface area contributed by atoms with Crippen LogP contribution in [0.15, 0.2) is 30.7 Å². The molecule has 28 heavy (non-hydrogen) atoms. The Hall–Kier alpha value is -3.70. The molecule has 0 unspecified atom stereocenters. The summed E-state index contributed by atoms with van der Waals surface area (Å²) in [5.41, 5.74) is 4.86. The highest BCUT2D eigenvalue weighted by Gasteiger charge is 2.15. The third-order valence-electron chi connectivity index (χ3n) is 3.52. The molecule has 146 valence electrons. The minimum atomic E-state index is -1.37. The number of aromatic nitrogens is 4. The van der Waals surface area contributed by atoms with Crippen LogP contribution in [0.5, 0.6) is 0 Å². The van der Waals surface area contributed by atoms with E-state index < -0.39 is 41.3 Å². The Bertz CT molecular complexity index is 1020. The Morgan fingerprint density at radius 3 is 2.61 bits per heavy atom. The SMILES string of the molecule is NC(=O)Cn1cc(Nc2ncc(F)c(NCc3c(F)ccc(F)c3F)n2)cn1. The fourth-order valence-corrected chi connectivity index (χ4v) is 2.26. The zero-order valence-electron chi connectivity index (χ0n) is 14.1. The Balaban J connectivity index is 1.74. The highest BCUT2D eigenvalue weighted by molar-refractivity contribution is 5.73. The van der Waals surface area contributed by atoms with Crippen molar-refractivity contribution in [1.82, 2.24) is 19.7 Å². The number of hydrogen-bond acceptors (Lipinski definition) is 6. The maximum Gasteiger partial charge on any atom is 0.239 e. The molecule has 1 amide bonds. The fourth-order valence-electron chi connectivity index (χ4n) is 2.26. The van der Waals surface area contributed by atoms with Crippen molar-refractivity contribution in [3.63, 3.8) is 0 Å². The van der Waals surface area contributed by atoms with Gasteiger partial charge in [-0.25, -0.2) is 22.5 Å². The minimum absolute atomic E-state index is 0.0530. The fraction of sp³-hybridized carbons (Fsp3) is 0.125. The molecule has 0 spiro atoms. The van der Waals surface area contributed by atoms with Crippen molar-refractivity contribution >= 4 is 23.4 Å². The molecule has 0 aliphatic rings. The molecule has 0 aliphatic heterocycles. The maximum absolute atomic E-state index is 13.9. The quantitative estimate of drug-likeness (QED) is 0.417. The van der Waals surface area contributed by atoms with Crippen LogP contribution >= 0.6 is 0 Å². The molecule has 12 heteroatoms. The first kappa shape index (κ1) is 19.1. The van der Waals surface area contributed by atoms with E-state index in [-0.39, 0.29) is 18.3 Å². The Kier molecular flexibility index (Phi) is 5.38. The van der Waals surface area contributed by atoms with Gasteiger partial charge in [-0.1, -0.05) is 0 Å². The van der Waals surface area contributed by atoms with Crippen LogP contribution in [-0.2, 0) is 17.9 Å². The summed E-state index contributed by atoms with van der Waals surface area (Å²) in [5, 5.41) is 9.01. The van der Waals surface area contributed by atoms with Crippen molar-refractivity contribution in [3.05, 3.63) is 59.6 Å². The van der Waals surface area contributed by atoms with Gasteiger partial charge in [-0.15, -0.1) is 0 Å². The predicted molar refractivity (Wildman–Crippen MR) is 90.3 cm³/mol. The summed E-state index contributed by atoms with van der Waals surface area (Å²) in [6, 6.07) is 1.42. The molecule has 8 nitrogen and oxygen atoms in total. The standard InChI is InChI=1S/C16H13F4N7O/c17-10-1-2-11(18)14(20)9(10)4-22-15-12(19)5-23-16(26-15)25-8-3-24-27(6-8)7-13(21)28/h1-3,5-6H,4,7H2,(H2,21,28)(H2,22,23,25,26). The normalized spacial score (nSPS) is 10.7. The van der Waals surface area contributed by atoms with Crippen LogP contribution in [-0.4, -0.2) is 25.7 Å². The lowest BCUT2D eigenvalue weighted by Gasteiger charge is -2.10. The maximum atomic E-state index is 13.9. The van der Waals surface area contributed by atoms with E-state index in [4.69, 9.17) is 5.73 Å². The second-order valence-electron chi connectivity index (χ2n) is 5.58. The molecule has 4 N–H and O–H groups in total. The molecule has 0 atom stereocenters. The van der Waals surface area contributed by atoms with Gasteiger partial charge in [-0.3, -0.25) is 9.48 Å². The van der Waals surface area contributed by atoms with Crippen LogP contribution in [0, 0.1) is 23.3 Å². The first-order valence-corrected chi connectivity index (χ1v) is 7.80. The number of halogens is 4. The summed E-state index contributed by atoms with van der Waals surface area (Å²) >= 11 is 0. The van der Waals surface area contributed by atoms with Gasteiger partial charge in [-0.05, 0) is 12.1 Å². The lowest BCUT2D eigenvalue weighted by Crippen LogP contribution is -2.18. The number of carbonyl (C=O) groups excluding carboxylic acids is 1. The van der Waals surface area contributed by atoms with E-state index in [0.29, 0.717) is 11.8 Å². The molecule has 2 aromatic heterocycles. The van der Waals surface area contributed by atoms with Crippen molar-refractivity contribution in [1.29, 1.82) is 0 Å². The van der Waals surface area contributed by atoms with Gasteiger partial charge in [0, 0.05) is 18.3 Å². The predicted octanol–water partition coefficient (Wildman–Crippen LogP) is 2.07. The molecular weight excluding hydrogens is 382 g/mol. The highest BCUT2D eigenvalue weighted by Crippen LogP contribution is 2.20. The molecule has 0 aliphatic carbocycles. The average molecular weight is 395 g/mol. The van der Waals surface area contributed by atoms with Crippen LogP contribution in [0.4, 0.5) is 35.0 Å². The van der Waals surface area contributed by atoms with Crippen molar-refractivity contribution in [2.75, 3.05) is 10.6 Å². The number of carbonyl (C=O) groups is 1. The monoisotopic (exact) mass is 395 g/mol. The van der Waals surface area contributed by atoms with Crippen molar-refractivity contribution in [2.45, 2.75) is 13.1 Å². The third-order valence-corrected chi connectivity index (χ3v) is 3.52. The average Bonchev–Trinajstić information content (AvgIpc) is 3.07. The van der Waals surface area contributed by atoms with Gasteiger partial charge in [0.05, 0.1) is 18.1 Å². The van der Waals surface area contributed by atoms with Gasteiger partial charge >= 0.3 is 0 Å². The number of amides is 1. The van der Waals surface area contributed by atoms with Crippen LogP contribution in [0.1, 0.15) is 5.56 Å². The summed E-state index contributed by atoms with van der Waals surface area (Å²) in [6.07, 6.45) is 3.64. The van der Waals surface area contributed by atoms with E-state index in [1.807, 2.05) is 0 Å². The molecule has 0 saturated heterocycles. The molecule has 0 bridgehead atoms. The molecule has 0 saturated carbocycles. The summed E-state index contributed by atoms with van der Waals surface area (Å²) in [7, 11) is 0. The molecule has 1 aromatic carbocycles. The molecule has 0 radical (unpaired) electrons. The molecular formula is C16H13F4N7O. The van der Waals surface area contributed by atoms with Gasteiger partial charge in [0.2, 0.25) is 11.9 Å². The minimum Gasteiger partial charge on any atom is -0.368 e. The zero-order valence-corrected chi connectivity index (χ0v) is 14.1. The first-order chi connectivity index (χ1) is 13.3. The molecule has 2 heterocycles. The number of anilines is 3. The van der Waals surface area contributed by atoms with Gasteiger partial charge in [0.15, 0.2) is 23.3 Å². The number of primary amides is 1. The number of rotatable bonds is 7. The Labute approximate surface area is 155 Å². The van der Waals surface area contributed by atoms with Gasteiger partial charge in [-0.2, -0.15) is 10.1 Å². The third kappa shape index (κ3) is 4.34. The van der Waals surface area contributed by atoms with E-state index in [1.54, 1.807) is 0 Å². The Morgan fingerprint density at radius 1 is 1.11 bits per heavy atom. The lowest BCUT2D eigenvalue weighted by molar-refractivity contribution is -0.118. The summed E-state index contributed by atoms with van der Waals surface area (Å²) < 4.78 is 55.8. The van der Waals surface area contributed by atoms with Crippen LogP contribution < -0.4 is 16.4 Å². The van der Waals surface area contributed by atoms with Crippen LogP contribution in [0.2, 0.25) is 0 Å². The molecule has 3 rings (SSSR count). The van der Waals surface area contributed by atoms with Crippen molar-refractivity contribution in [3.8, 4) is 0 Å². The van der Waals surface area contributed by atoms with E-state index >= 15 is 0 Å². The second kappa shape index (κ2) is 7.90. The number of nitrogens with zero attached hydrogens (tertiary/aromatic N) is 4. The van der Waals surface area contributed by atoms with Crippen LogP contribution in [0.25, 0.3) is 0 Å². The van der Waals surface area contributed by atoms with Gasteiger partial charge < -0.3 is 16.4 Å². The van der Waals surface area contributed by atoms with E-state index in [9.17, 15) is 22.4 Å². The highest BCUT2D eigenvalue weighted by atomic mass is 19.2. The van der Waals surface area contributed by atoms with Crippen molar-refractivity contribution in [2.24, 2.45) is 5.73 Å². The number of hydrogen-bond donors (Lipinski definition) is 3. The molecule has 3 aromatic rings. The topological polar surface area (TPSA) is 111 Å². The van der Waals surface area contributed by atoms with E-state index in [0.717, 1.165) is 12.3 Å². The van der Waals surface area contributed by atoms with Gasteiger partial charge in [0.1, 0.15) is 12.4 Å². The summed E-state index contributed by atoms with van der Waals surface area (Å²) in [4.78, 5) is 18.5. The summed E-state index contributed by atoms with van der Waals surface area (Å²) in [6.45, 7) is -0.678. The van der Waals surface area contributed by atoms with Crippen molar-refractivity contribution < 1.29 is 22.4 Å². The smallest absolute Gasteiger partial charge is 0.239 e.